The third-order valence-electron chi connectivity index (χ3n) is 1.62. The van der Waals surface area contributed by atoms with Crippen LogP contribution in [-0.2, 0) is 10.0 Å². The first-order valence-corrected chi connectivity index (χ1v) is 5.40. The lowest BCUT2D eigenvalue weighted by Crippen LogP contribution is -2.23. The maximum atomic E-state index is 11.4. The summed E-state index contributed by atoms with van der Waals surface area (Å²) in [4.78, 5) is 0.279. The van der Waals surface area contributed by atoms with E-state index < -0.39 is 10.0 Å². The van der Waals surface area contributed by atoms with Crippen molar-refractivity contribution in [2.45, 2.75) is 11.8 Å². The van der Waals surface area contributed by atoms with E-state index in [1.165, 1.54) is 0 Å². The highest BCUT2D eigenvalue weighted by Gasteiger charge is 2.10. The van der Waals surface area contributed by atoms with Crippen LogP contribution in [-0.4, -0.2) is 15.0 Å². The number of hydrogen-bond donors (Lipinski definition) is 1. The second-order valence-electron chi connectivity index (χ2n) is 2.71. The van der Waals surface area contributed by atoms with Crippen LogP contribution >= 0.6 is 0 Å². The molecule has 0 saturated carbocycles. The van der Waals surface area contributed by atoms with Crippen molar-refractivity contribution < 1.29 is 8.42 Å². The van der Waals surface area contributed by atoms with Gasteiger partial charge in [0.25, 0.3) is 0 Å². The second kappa shape index (κ2) is 3.89. The summed E-state index contributed by atoms with van der Waals surface area (Å²) in [6.07, 6.45) is 0. The highest BCUT2D eigenvalue weighted by molar-refractivity contribution is 7.89. The van der Waals surface area contributed by atoms with Gasteiger partial charge in [0.1, 0.15) is 0 Å². The molecule has 0 fully saturated rings. The Hall–Kier alpha value is -0.870. The Morgan fingerprint density at radius 1 is 1.31 bits per heavy atom. The lowest BCUT2D eigenvalue weighted by molar-refractivity contribution is 0.585. The molecule has 1 N–H and O–H groups in total. The molecule has 0 unspecified atom stereocenters. The molecular weight excluding hydrogens is 186 g/mol. The van der Waals surface area contributed by atoms with Gasteiger partial charge >= 0.3 is 0 Å². The first-order valence-electron chi connectivity index (χ1n) is 3.92. The Labute approximate surface area is 78.8 Å². The zero-order chi connectivity index (χ0) is 9.90. The molecule has 0 aliphatic carbocycles. The summed E-state index contributed by atoms with van der Waals surface area (Å²) in [5.74, 6) is 0. The molecule has 71 valence electrons. The largest absolute Gasteiger partial charge is 0.240 e. The van der Waals surface area contributed by atoms with Crippen molar-refractivity contribution in [1.82, 2.24) is 4.72 Å². The normalized spacial score (nSPS) is 11.5. The van der Waals surface area contributed by atoms with Gasteiger partial charge in [0, 0.05) is 6.54 Å². The third-order valence-corrected chi connectivity index (χ3v) is 3.10. The number of aryl methyl sites for hydroxylation is 1. The summed E-state index contributed by atoms with van der Waals surface area (Å²) in [6, 6.07) is 6.68. The average Bonchev–Trinajstić information content (AvgIpc) is 2.05. The lowest BCUT2D eigenvalue weighted by Gasteiger charge is -2.03. The van der Waals surface area contributed by atoms with Crippen LogP contribution in [0.25, 0.3) is 0 Å². The van der Waals surface area contributed by atoms with Gasteiger partial charge in [-0.25, -0.2) is 13.1 Å². The molecule has 4 heteroatoms. The molecule has 0 aromatic heterocycles. The van der Waals surface area contributed by atoms with Crippen LogP contribution in [0.2, 0.25) is 0 Å². The SMILES string of the molecule is [CH2]CNS(=O)(=O)c1ccc(C)cc1. The van der Waals surface area contributed by atoms with Gasteiger partial charge < -0.3 is 0 Å². The van der Waals surface area contributed by atoms with Gasteiger partial charge in [-0.1, -0.05) is 17.7 Å². The van der Waals surface area contributed by atoms with Crippen LogP contribution in [0.1, 0.15) is 5.56 Å². The van der Waals surface area contributed by atoms with E-state index >= 15 is 0 Å². The van der Waals surface area contributed by atoms with Crippen molar-refractivity contribution in [2.24, 2.45) is 0 Å². The molecule has 1 aromatic carbocycles. The second-order valence-corrected chi connectivity index (χ2v) is 4.48. The predicted molar refractivity (Wildman–Crippen MR) is 51.7 cm³/mol. The molecule has 13 heavy (non-hydrogen) atoms. The molecule has 0 saturated heterocycles. The van der Waals surface area contributed by atoms with Gasteiger partial charge in [0.2, 0.25) is 10.0 Å². The quantitative estimate of drug-likeness (QED) is 0.790. The van der Waals surface area contributed by atoms with E-state index in [0.717, 1.165) is 5.56 Å². The molecule has 1 rings (SSSR count). The summed E-state index contributed by atoms with van der Waals surface area (Å²) in [5, 5.41) is 0. The molecule has 0 atom stereocenters. The highest BCUT2D eigenvalue weighted by atomic mass is 32.2. The van der Waals surface area contributed by atoms with E-state index in [-0.39, 0.29) is 11.4 Å². The molecule has 3 nitrogen and oxygen atoms in total. The Morgan fingerprint density at radius 3 is 2.31 bits per heavy atom. The predicted octanol–water partition coefficient (Wildman–Crippen LogP) is 1.11. The molecule has 1 radical (unpaired) electrons. The Balaban J connectivity index is 3.02. The minimum atomic E-state index is -3.34. The van der Waals surface area contributed by atoms with Crippen LogP contribution in [0.5, 0.6) is 0 Å². The van der Waals surface area contributed by atoms with Gasteiger partial charge in [-0.15, -0.1) is 0 Å². The topological polar surface area (TPSA) is 46.2 Å². The van der Waals surface area contributed by atoms with Crippen LogP contribution in [0.15, 0.2) is 29.2 Å². The standard InChI is InChI=1S/C9H12NO2S/c1-3-10-13(11,12)9-6-4-8(2)5-7-9/h4-7,10H,1,3H2,2H3. The van der Waals surface area contributed by atoms with Crippen molar-refractivity contribution in [3.05, 3.63) is 36.8 Å². The average molecular weight is 198 g/mol. The molecule has 1 aromatic rings. The third kappa shape index (κ3) is 2.54. The van der Waals surface area contributed by atoms with E-state index in [1.54, 1.807) is 24.3 Å². The smallest absolute Gasteiger partial charge is 0.211 e. The molecule has 0 aliphatic heterocycles. The number of sulfonamides is 1. The van der Waals surface area contributed by atoms with Crippen LogP contribution < -0.4 is 4.72 Å². The first kappa shape index (κ1) is 10.2. The summed E-state index contributed by atoms with van der Waals surface area (Å²) >= 11 is 0. The fraction of sp³-hybridized carbons (Fsp3) is 0.222. The van der Waals surface area contributed by atoms with E-state index in [9.17, 15) is 8.42 Å². The fourth-order valence-corrected chi connectivity index (χ4v) is 1.86. The summed E-state index contributed by atoms with van der Waals surface area (Å²) in [5.41, 5.74) is 1.04. The van der Waals surface area contributed by atoms with Gasteiger partial charge in [0.05, 0.1) is 4.90 Å². The molecule has 0 amide bonds. The van der Waals surface area contributed by atoms with Gasteiger partial charge in [-0.05, 0) is 26.0 Å². The van der Waals surface area contributed by atoms with E-state index in [1.807, 2.05) is 6.92 Å². The number of benzene rings is 1. The minimum Gasteiger partial charge on any atom is -0.211 e. The molecule has 0 heterocycles. The Kier molecular flexibility index (Phi) is 3.06. The van der Waals surface area contributed by atoms with Crippen LogP contribution in [0.4, 0.5) is 0 Å². The first-order chi connectivity index (χ1) is 6.06. The number of rotatable bonds is 3. The fourth-order valence-electron chi connectivity index (χ4n) is 0.935. The van der Waals surface area contributed by atoms with Crippen LogP contribution in [0, 0.1) is 13.8 Å². The lowest BCUT2D eigenvalue weighted by atomic mass is 10.2. The van der Waals surface area contributed by atoms with Crippen molar-refractivity contribution in [3.8, 4) is 0 Å². The Morgan fingerprint density at radius 2 is 1.85 bits per heavy atom. The van der Waals surface area contributed by atoms with Gasteiger partial charge in [-0.2, -0.15) is 0 Å². The van der Waals surface area contributed by atoms with E-state index in [0.29, 0.717) is 0 Å². The summed E-state index contributed by atoms with van der Waals surface area (Å²) in [7, 11) is -3.34. The molecule has 0 spiro atoms. The van der Waals surface area contributed by atoms with Crippen molar-refractivity contribution in [2.75, 3.05) is 6.54 Å². The van der Waals surface area contributed by atoms with Crippen molar-refractivity contribution >= 4 is 10.0 Å². The highest BCUT2D eigenvalue weighted by Crippen LogP contribution is 2.09. The van der Waals surface area contributed by atoms with E-state index in [2.05, 4.69) is 11.6 Å². The Bertz CT molecular complexity index is 367. The van der Waals surface area contributed by atoms with Crippen molar-refractivity contribution in [3.63, 3.8) is 0 Å². The molecule has 0 aliphatic rings. The van der Waals surface area contributed by atoms with Crippen LogP contribution in [0.3, 0.4) is 0 Å². The zero-order valence-corrected chi connectivity index (χ0v) is 8.26. The number of hydrogen-bond acceptors (Lipinski definition) is 2. The summed E-state index contributed by atoms with van der Waals surface area (Å²) < 4.78 is 25.1. The monoisotopic (exact) mass is 198 g/mol. The van der Waals surface area contributed by atoms with E-state index in [4.69, 9.17) is 0 Å². The van der Waals surface area contributed by atoms with Gasteiger partial charge in [-0.3, -0.25) is 0 Å². The zero-order valence-electron chi connectivity index (χ0n) is 7.45. The maximum absolute atomic E-state index is 11.4. The molecule has 0 bridgehead atoms. The minimum absolute atomic E-state index is 0.163. The summed E-state index contributed by atoms with van der Waals surface area (Å²) in [6.45, 7) is 5.49. The van der Waals surface area contributed by atoms with Gasteiger partial charge in [0.15, 0.2) is 0 Å². The maximum Gasteiger partial charge on any atom is 0.240 e. The molecular formula is C9H12NO2S. The number of nitrogens with one attached hydrogen (secondary N) is 1. The van der Waals surface area contributed by atoms with Crippen molar-refractivity contribution in [1.29, 1.82) is 0 Å².